The third-order valence-electron chi connectivity index (χ3n) is 3.30. The molecule has 0 spiro atoms. The Labute approximate surface area is 106 Å². The van der Waals surface area contributed by atoms with Crippen LogP contribution in [0.2, 0.25) is 4.34 Å². The first-order valence-electron chi connectivity index (χ1n) is 5.86. The van der Waals surface area contributed by atoms with E-state index in [1.807, 2.05) is 6.07 Å². The first-order valence-corrected chi connectivity index (χ1v) is 7.06. The minimum atomic E-state index is 0.354. The molecule has 0 unspecified atom stereocenters. The third kappa shape index (κ3) is 3.45. The lowest BCUT2D eigenvalue weighted by atomic mass is 9.86. The highest BCUT2D eigenvalue weighted by Gasteiger charge is 2.19. The van der Waals surface area contributed by atoms with E-state index >= 15 is 0 Å². The number of thiophene rings is 1. The molecule has 1 heterocycles. The van der Waals surface area contributed by atoms with Crippen LogP contribution >= 0.6 is 22.9 Å². The first kappa shape index (κ1) is 12.4. The normalized spacial score (nSPS) is 25.9. The monoisotopic (exact) mass is 259 g/mol. The Hall–Kier alpha value is -0.0900. The SMILES string of the molecule is OCC1CCC(NCc2ccc(Cl)s2)CC1. The van der Waals surface area contributed by atoms with E-state index in [1.54, 1.807) is 11.3 Å². The summed E-state index contributed by atoms with van der Waals surface area (Å²) in [7, 11) is 0. The van der Waals surface area contributed by atoms with E-state index in [0.717, 1.165) is 23.7 Å². The Morgan fingerprint density at radius 1 is 1.31 bits per heavy atom. The topological polar surface area (TPSA) is 32.3 Å². The van der Waals surface area contributed by atoms with Gasteiger partial charge in [0.05, 0.1) is 4.34 Å². The van der Waals surface area contributed by atoms with Gasteiger partial charge in [0.25, 0.3) is 0 Å². The molecule has 1 aliphatic rings. The van der Waals surface area contributed by atoms with Gasteiger partial charge in [-0.15, -0.1) is 11.3 Å². The standard InChI is InChI=1S/C12H18ClNOS/c13-12-6-5-11(16-12)7-14-10-3-1-9(8-15)2-4-10/h5-6,9-10,14-15H,1-4,7-8H2. The molecule has 0 radical (unpaired) electrons. The average Bonchev–Trinajstić information content (AvgIpc) is 2.73. The van der Waals surface area contributed by atoms with Crippen LogP contribution in [0.5, 0.6) is 0 Å². The van der Waals surface area contributed by atoms with Crippen molar-refractivity contribution in [1.29, 1.82) is 0 Å². The maximum absolute atomic E-state index is 9.05. The van der Waals surface area contributed by atoms with E-state index in [1.165, 1.54) is 17.7 Å². The van der Waals surface area contributed by atoms with E-state index in [-0.39, 0.29) is 0 Å². The molecule has 0 bridgehead atoms. The summed E-state index contributed by atoms with van der Waals surface area (Å²) in [4.78, 5) is 1.30. The molecule has 0 amide bonds. The summed E-state index contributed by atoms with van der Waals surface area (Å²) in [6.07, 6.45) is 4.67. The quantitative estimate of drug-likeness (QED) is 0.871. The van der Waals surface area contributed by atoms with Crippen LogP contribution in [-0.4, -0.2) is 17.8 Å². The number of hydrogen-bond donors (Lipinski definition) is 2. The van der Waals surface area contributed by atoms with E-state index in [0.29, 0.717) is 18.6 Å². The molecule has 0 atom stereocenters. The van der Waals surface area contributed by atoms with E-state index in [4.69, 9.17) is 16.7 Å². The molecular formula is C12H18ClNOS. The molecule has 1 aliphatic carbocycles. The first-order chi connectivity index (χ1) is 7.78. The molecule has 1 aromatic rings. The van der Waals surface area contributed by atoms with Crippen molar-refractivity contribution in [3.8, 4) is 0 Å². The Bertz CT molecular complexity index is 321. The van der Waals surface area contributed by atoms with Gasteiger partial charge in [-0.3, -0.25) is 0 Å². The predicted octanol–water partition coefficient (Wildman–Crippen LogP) is 3.04. The van der Waals surface area contributed by atoms with Crippen molar-refractivity contribution < 1.29 is 5.11 Å². The second-order valence-electron chi connectivity index (χ2n) is 4.49. The van der Waals surface area contributed by atoms with Crippen LogP contribution < -0.4 is 5.32 Å². The lowest BCUT2D eigenvalue weighted by molar-refractivity contribution is 0.175. The zero-order valence-electron chi connectivity index (χ0n) is 9.29. The molecule has 1 aromatic heterocycles. The Morgan fingerprint density at radius 3 is 2.62 bits per heavy atom. The summed E-state index contributed by atoms with van der Waals surface area (Å²) in [6.45, 7) is 1.28. The Kier molecular flexibility index (Phi) is 4.65. The van der Waals surface area contributed by atoms with Crippen LogP contribution in [0.3, 0.4) is 0 Å². The number of aliphatic hydroxyl groups is 1. The molecule has 0 saturated heterocycles. The summed E-state index contributed by atoms with van der Waals surface area (Å²) >= 11 is 7.53. The van der Waals surface area contributed by atoms with Crippen LogP contribution in [0.1, 0.15) is 30.6 Å². The van der Waals surface area contributed by atoms with Gasteiger partial charge < -0.3 is 10.4 Å². The average molecular weight is 260 g/mol. The summed E-state index contributed by atoms with van der Waals surface area (Å²) in [6, 6.07) is 4.65. The van der Waals surface area contributed by atoms with Crippen molar-refractivity contribution in [3.63, 3.8) is 0 Å². The highest BCUT2D eigenvalue weighted by atomic mass is 35.5. The van der Waals surface area contributed by atoms with Crippen LogP contribution in [0.4, 0.5) is 0 Å². The maximum Gasteiger partial charge on any atom is 0.0931 e. The molecule has 2 nitrogen and oxygen atoms in total. The van der Waals surface area contributed by atoms with Gasteiger partial charge in [0.15, 0.2) is 0 Å². The summed E-state index contributed by atoms with van der Waals surface area (Å²) in [5.41, 5.74) is 0. The van der Waals surface area contributed by atoms with Gasteiger partial charge >= 0.3 is 0 Å². The van der Waals surface area contributed by atoms with Crippen LogP contribution in [0.15, 0.2) is 12.1 Å². The van der Waals surface area contributed by atoms with Gasteiger partial charge in [0.2, 0.25) is 0 Å². The molecule has 90 valence electrons. The molecule has 4 heteroatoms. The van der Waals surface area contributed by atoms with Gasteiger partial charge in [-0.05, 0) is 43.7 Å². The highest BCUT2D eigenvalue weighted by molar-refractivity contribution is 7.16. The van der Waals surface area contributed by atoms with Crippen molar-refractivity contribution in [3.05, 3.63) is 21.3 Å². The minimum absolute atomic E-state index is 0.354. The fourth-order valence-corrected chi connectivity index (χ4v) is 3.28. The Balaban J connectivity index is 1.71. The van der Waals surface area contributed by atoms with Gasteiger partial charge in [0.1, 0.15) is 0 Å². The number of halogens is 1. The number of hydrogen-bond acceptors (Lipinski definition) is 3. The summed E-state index contributed by atoms with van der Waals surface area (Å²) in [5, 5.41) is 12.6. The van der Waals surface area contributed by atoms with E-state index < -0.39 is 0 Å². The lowest BCUT2D eigenvalue weighted by Crippen LogP contribution is -2.33. The second-order valence-corrected chi connectivity index (χ2v) is 6.29. The van der Waals surface area contributed by atoms with Crippen LogP contribution in [-0.2, 0) is 6.54 Å². The fraction of sp³-hybridized carbons (Fsp3) is 0.667. The second kappa shape index (κ2) is 6.01. The van der Waals surface area contributed by atoms with Gasteiger partial charge in [-0.1, -0.05) is 11.6 Å². The molecule has 1 saturated carbocycles. The van der Waals surface area contributed by atoms with Gasteiger partial charge in [-0.2, -0.15) is 0 Å². The van der Waals surface area contributed by atoms with Gasteiger partial charge in [0, 0.05) is 24.1 Å². The zero-order valence-corrected chi connectivity index (χ0v) is 10.9. The number of rotatable bonds is 4. The predicted molar refractivity (Wildman–Crippen MR) is 69.0 cm³/mol. The molecule has 1 fully saturated rings. The molecular weight excluding hydrogens is 242 g/mol. The van der Waals surface area contributed by atoms with E-state index in [9.17, 15) is 0 Å². The zero-order chi connectivity index (χ0) is 11.4. The van der Waals surface area contributed by atoms with Crippen molar-refractivity contribution in [1.82, 2.24) is 5.32 Å². The van der Waals surface area contributed by atoms with Gasteiger partial charge in [-0.25, -0.2) is 0 Å². The summed E-state index contributed by atoms with van der Waals surface area (Å²) in [5.74, 6) is 0.536. The molecule has 16 heavy (non-hydrogen) atoms. The third-order valence-corrected chi connectivity index (χ3v) is 4.53. The maximum atomic E-state index is 9.05. The smallest absolute Gasteiger partial charge is 0.0931 e. The Morgan fingerprint density at radius 2 is 2.06 bits per heavy atom. The highest BCUT2D eigenvalue weighted by Crippen LogP contribution is 2.25. The van der Waals surface area contributed by atoms with Crippen molar-refractivity contribution >= 4 is 22.9 Å². The number of aliphatic hydroxyl groups excluding tert-OH is 1. The van der Waals surface area contributed by atoms with Crippen molar-refractivity contribution in [2.24, 2.45) is 5.92 Å². The molecule has 0 aromatic carbocycles. The van der Waals surface area contributed by atoms with E-state index in [2.05, 4.69) is 11.4 Å². The molecule has 2 rings (SSSR count). The van der Waals surface area contributed by atoms with Crippen molar-refractivity contribution in [2.75, 3.05) is 6.61 Å². The molecule has 2 N–H and O–H groups in total. The minimum Gasteiger partial charge on any atom is -0.396 e. The largest absolute Gasteiger partial charge is 0.396 e. The van der Waals surface area contributed by atoms with Crippen LogP contribution in [0.25, 0.3) is 0 Å². The van der Waals surface area contributed by atoms with Crippen molar-refractivity contribution in [2.45, 2.75) is 38.3 Å². The fourth-order valence-electron chi connectivity index (χ4n) is 2.24. The number of nitrogens with one attached hydrogen (secondary N) is 1. The summed E-state index contributed by atoms with van der Waals surface area (Å²) < 4.78 is 0.862. The lowest BCUT2D eigenvalue weighted by Gasteiger charge is -2.27. The van der Waals surface area contributed by atoms with Crippen LogP contribution in [0, 0.1) is 5.92 Å². The molecule has 0 aliphatic heterocycles.